The third kappa shape index (κ3) is 2.12. The largest absolute Gasteiger partial charge is 0.379 e. The molecule has 5 nitrogen and oxygen atoms in total. The monoisotopic (exact) mass is 316 g/mol. The molecule has 2 aromatic rings. The maximum atomic E-state index is 6.15. The predicted octanol–water partition coefficient (Wildman–Crippen LogP) is 2.35. The second kappa shape index (κ2) is 4.44. The zero-order chi connectivity index (χ0) is 11.8. The smallest absolute Gasteiger partial charge is 0.171 e. The molecule has 0 unspecified atom stereocenters. The van der Waals surface area contributed by atoms with E-state index in [0.717, 1.165) is 23.1 Å². The predicted molar refractivity (Wildman–Crippen MR) is 68.5 cm³/mol. The summed E-state index contributed by atoms with van der Waals surface area (Å²) in [5, 5.41) is 7.97. The molecule has 1 aliphatic rings. The number of hydrogen-bond donors (Lipinski definition) is 1. The molecular formula is C10H10BrClN4O. The zero-order valence-electron chi connectivity index (χ0n) is 8.86. The Labute approximate surface area is 111 Å². The number of nitrogens with zero attached hydrogens (tertiary/aromatic N) is 3. The van der Waals surface area contributed by atoms with Gasteiger partial charge in [-0.25, -0.2) is 9.50 Å². The van der Waals surface area contributed by atoms with Crippen molar-refractivity contribution in [1.82, 2.24) is 14.6 Å². The van der Waals surface area contributed by atoms with Gasteiger partial charge in [0.1, 0.15) is 10.8 Å². The molecule has 0 saturated carbocycles. The average Bonchev–Trinajstić information content (AvgIpc) is 2.92. The van der Waals surface area contributed by atoms with Gasteiger partial charge in [0.15, 0.2) is 5.65 Å². The molecule has 0 amide bonds. The van der Waals surface area contributed by atoms with Gasteiger partial charge in [0.05, 0.1) is 29.5 Å². The van der Waals surface area contributed by atoms with Crippen molar-refractivity contribution >= 4 is 39.0 Å². The molecule has 1 saturated heterocycles. The fourth-order valence-corrected chi connectivity index (χ4v) is 2.36. The van der Waals surface area contributed by atoms with E-state index in [1.165, 1.54) is 0 Å². The van der Waals surface area contributed by atoms with E-state index in [4.69, 9.17) is 16.3 Å². The highest BCUT2D eigenvalue weighted by atomic mass is 79.9. The van der Waals surface area contributed by atoms with E-state index in [0.29, 0.717) is 17.4 Å². The van der Waals surface area contributed by atoms with Crippen LogP contribution in [0, 0.1) is 0 Å². The van der Waals surface area contributed by atoms with Crippen molar-refractivity contribution in [2.75, 3.05) is 18.5 Å². The molecule has 17 heavy (non-hydrogen) atoms. The summed E-state index contributed by atoms with van der Waals surface area (Å²) in [6.07, 6.45) is 4.41. The van der Waals surface area contributed by atoms with Crippen LogP contribution >= 0.6 is 27.5 Å². The lowest BCUT2D eigenvalue weighted by atomic mass is 10.2. The van der Waals surface area contributed by atoms with Crippen LogP contribution in [0.2, 0.25) is 5.02 Å². The molecule has 0 aliphatic carbocycles. The van der Waals surface area contributed by atoms with E-state index >= 15 is 0 Å². The minimum Gasteiger partial charge on any atom is -0.379 e. The molecule has 1 atom stereocenters. The summed E-state index contributed by atoms with van der Waals surface area (Å²) < 4.78 is 7.79. The number of anilines is 1. The molecule has 0 bridgehead atoms. The van der Waals surface area contributed by atoms with Gasteiger partial charge in [-0.15, -0.1) is 0 Å². The molecule has 0 spiro atoms. The van der Waals surface area contributed by atoms with Crippen molar-refractivity contribution < 1.29 is 4.74 Å². The van der Waals surface area contributed by atoms with Gasteiger partial charge in [-0.2, -0.15) is 5.10 Å². The van der Waals surface area contributed by atoms with E-state index in [9.17, 15) is 0 Å². The van der Waals surface area contributed by atoms with E-state index in [1.54, 1.807) is 16.9 Å². The third-order valence-corrected chi connectivity index (χ3v) is 3.51. The molecule has 1 fully saturated rings. The third-order valence-electron chi connectivity index (χ3n) is 2.68. The number of fused-ring (bicyclic) bond motifs is 1. The lowest BCUT2D eigenvalue weighted by Gasteiger charge is -2.12. The fourth-order valence-electron chi connectivity index (χ4n) is 1.80. The molecule has 2 aromatic heterocycles. The van der Waals surface area contributed by atoms with E-state index in [2.05, 4.69) is 31.3 Å². The highest BCUT2D eigenvalue weighted by molar-refractivity contribution is 9.10. The van der Waals surface area contributed by atoms with Crippen molar-refractivity contribution in [3.05, 3.63) is 21.9 Å². The van der Waals surface area contributed by atoms with Crippen LogP contribution in [0.5, 0.6) is 0 Å². The topological polar surface area (TPSA) is 51.5 Å². The molecule has 0 aromatic carbocycles. The van der Waals surface area contributed by atoms with Crippen molar-refractivity contribution in [2.24, 2.45) is 0 Å². The van der Waals surface area contributed by atoms with E-state index in [1.807, 2.05) is 0 Å². The molecule has 1 N–H and O–H groups in total. The van der Waals surface area contributed by atoms with E-state index in [-0.39, 0.29) is 6.04 Å². The van der Waals surface area contributed by atoms with Crippen molar-refractivity contribution in [3.63, 3.8) is 0 Å². The Kier molecular flexibility index (Phi) is 2.94. The maximum Gasteiger partial charge on any atom is 0.171 e. The number of ether oxygens (including phenoxy) is 1. The second-order valence-corrected chi connectivity index (χ2v) is 5.16. The standard InChI is InChI=1S/C10H10BrClN4O/c11-7-3-13-16-4-8(12)9(15-10(7)16)14-6-1-2-17-5-6/h3-4,6H,1-2,5H2,(H,14,15)/t6-/m0/s1. The summed E-state index contributed by atoms with van der Waals surface area (Å²) in [6, 6.07) is 0.282. The Morgan fingerprint density at radius 2 is 2.47 bits per heavy atom. The molecular weight excluding hydrogens is 307 g/mol. The summed E-state index contributed by atoms with van der Waals surface area (Å²) in [5.41, 5.74) is 0.746. The lowest BCUT2D eigenvalue weighted by Crippen LogP contribution is -2.20. The Morgan fingerprint density at radius 1 is 1.59 bits per heavy atom. The van der Waals surface area contributed by atoms with Crippen LogP contribution in [0.4, 0.5) is 5.82 Å². The summed E-state index contributed by atoms with van der Waals surface area (Å²) in [6.45, 7) is 1.48. The van der Waals surface area contributed by atoms with Crippen LogP contribution in [0.1, 0.15) is 6.42 Å². The van der Waals surface area contributed by atoms with Crippen molar-refractivity contribution in [2.45, 2.75) is 12.5 Å². The van der Waals surface area contributed by atoms with Crippen molar-refractivity contribution in [1.29, 1.82) is 0 Å². The van der Waals surface area contributed by atoms with Gasteiger partial charge in [-0.3, -0.25) is 0 Å². The first-order chi connectivity index (χ1) is 8.24. The Hall–Kier alpha value is -0.850. The number of hydrogen-bond acceptors (Lipinski definition) is 4. The summed E-state index contributed by atoms with van der Waals surface area (Å²) in [5.74, 6) is 0.677. The van der Waals surface area contributed by atoms with Gasteiger partial charge in [0, 0.05) is 6.61 Å². The normalized spacial score (nSPS) is 20.0. The second-order valence-electron chi connectivity index (χ2n) is 3.90. The van der Waals surface area contributed by atoms with Crippen LogP contribution in [0.25, 0.3) is 5.65 Å². The first-order valence-corrected chi connectivity index (χ1v) is 6.45. The minimum absolute atomic E-state index is 0.282. The first kappa shape index (κ1) is 11.3. The van der Waals surface area contributed by atoms with Gasteiger partial charge in [-0.1, -0.05) is 11.6 Å². The minimum atomic E-state index is 0.282. The van der Waals surface area contributed by atoms with Gasteiger partial charge >= 0.3 is 0 Å². The van der Waals surface area contributed by atoms with Gasteiger partial charge in [-0.05, 0) is 22.4 Å². The van der Waals surface area contributed by atoms with Crippen LogP contribution in [-0.4, -0.2) is 33.9 Å². The summed E-state index contributed by atoms with van der Waals surface area (Å²) >= 11 is 9.55. The highest BCUT2D eigenvalue weighted by Crippen LogP contribution is 2.25. The van der Waals surface area contributed by atoms with Gasteiger partial charge in [0.25, 0.3) is 0 Å². The molecule has 90 valence electrons. The lowest BCUT2D eigenvalue weighted by molar-refractivity contribution is 0.195. The van der Waals surface area contributed by atoms with Crippen LogP contribution < -0.4 is 5.32 Å². The van der Waals surface area contributed by atoms with Gasteiger partial charge < -0.3 is 10.1 Å². The fraction of sp³-hybridized carbons (Fsp3) is 0.400. The number of halogens is 2. The SMILES string of the molecule is Clc1cn2ncc(Br)c2nc1N[C@H]1CCOC1. The molecule has 0 radical (unpaired) electrons. The number of nitrogens with one attached hydrogen (secondary N) is 1. The van der Waals surface area contributed by atoms with Gasteiger partial charge in [0.2, 0.25) is 0 Å². The molecule has 3 rings (SSSR count). The average molecular weight is 318 g/mol. The first-order valence-electron chi connectivity index (χ1n) is 5.28. The number of aromatic nitrogens is 3. The Balaban J connectivity index is 1.96. The number of rotatable bonds is 2. The van der Waals surface area contributed by atoms with Crippen LogP contribution in [-0.2, 0) is 4.74 Å². The molecule has 3 heterocycles. The molecule has 7 heteroatoms. The van der Waals surface area contributed by atoms with Crippen LogP contribution in [0.15, 0.2) is 16.9 Å². The van der Waals surface area contributed by atoms with Crippen molar-refractivity contribution in [3.8, 4) is 0 Å². The molecule has 1 aliphatic heterocycles. The highest BCUT2D eigenvalue weighted by Gasteiger charge is 2.18. The van der Waals surface area contributed by atoms with E-state index < -0.39 is 0 Å². The summed E-state index contributed by atoms with van der Waals surface area (Å²) in [7, 11) is 0. The summed E-state index contributed by atoms with van der Waals surface area (Å²) in [4.78, 5) is 4.45. The quantitative estimate of drug-likeness (QED) is 0.924. The maximum absolute atomic E-state index is 6.15. The Bertz CT molecular complexity index is 552. The zero-order valence-corrected chi connectivity index (χ0v) is 11.2. The van der Waals surface area contributed by atoms with Crippen LogP contribution in [0.3, 0.4) is 0 Å². The Morgan fingerprint density at radius 3 is 3.24 bits per heavy atom.